The standard InChI is InChI=1S/C11H20O2/c1-6-11(4,12)9-7-8-10(2,3)13-5/h1,12H,7-9H2,2-5H3/t11-/m1/s1. The normalized spacial score (nSPS) is 16.3. The fourth-order valence-corrected chi connectivity index (χ4v) is 1.03. The van der Waals surface area contributed by atoms with Crippen LogP contribution in [0.3, 0.4) is 0 Å². The second-order valence-electron chi connectivity index (χ2n) is 4.24. The van der Waals surface area contributed by atoms with Gasteiger partial charge in [0.25, 0.3) is 0 Å². The van der Waals surface area contributed by atoms with Crippen molar-refractivity contribution in [3.8, 4) is 12.3 Å². The minimum Gasteiger partial charge on any atom is -0.379 e. The maximum Gasteiger partial charge on any atom is 0.122 e. The van der Waals surface area contributed by atoms with Gasteiger partial charge < -0.3 is 9.84 Å². The Hall–Kier alpha value is -0.520. The van der Waals surface area contributed by atoms with Crippen molar-refractivity contribution < 1.29 is 9.84 Å². The number of aliphatic hydroxyl groups is 1. The SMILES string of the molecule is C#C[C@@](C)(O)CCCC(C)(C)OC. The molecule has 0 aliphatic heterocycles. The van der Waals surface area contributed by atoms with Gasteiger partial charge in [-0.3, -0.25) is 0 Å². The Balaban J connectivity index is 3.76. The van der Waals surface area contributed by atoms with Crippen molar-refractivity contribution >= 4 is 0 Å². The molecule has 76 valence electrons. The molecule has 1 atom stereocenters. The maximum atomic E-state index is 9.52. The third-order valence-corrected chi connectivity index (χ3v) is 2.31. The summed E-state index contributed by atoms with van der Waals surface area (Å²) < 4.78 is 5.25. The van der Waals surface area contributed by atoms with Crippen LogP contribution in [0.4, 0.5) is 0 Å². The lowest BCUT2D eigenvalue weighted by molar-refractivity contribution is 0.00834. The van der Waals surface area contributed by atoms with E-state index in [0.29, 0.717) is 6.42 Å². The van der Waals surface area contributed by atoms with Crippen molar-refractivity contribution in [2.24, 2.45) is 0 Å². The van der Waals surface area contributed by atoms with Gasteiger partial charge in [0.15, 0.2) is 0 Å². The molecule has 0 fully saturated rings. The van der Waals surface area contributed by atoms with Crippen LogP contribution in [-0.4, -0.2) is 23.4 Å². The molecular weight excluding hydrogens is 164 g/mol. The van der Waals surface area contributed by atoms with E-state index in [1.165, 1.54) is 0 Å². The average Bonchev–Trinajstić information content (AvgIpc) is 2.04. The minimum atomic E-state index is -0.968. The van der Waals surface area contributed by atoms with Gasteiger partial charge in [0.1, 0.15) is 5.60 Å². The summed E-state index contributed by atoms with van der Waals surface area (Å²) in [4.78, 5) is 0. The van der Waals surface area contributed by atoms with E-state index in [9.17, 15) is 5.11 Å². The van der Waals surface area contributed by atoms with E-state index in [1.807, 2.05) is 13.8 Å². The number of rotatable bonds is 5. The quantitative estimate of drug-likeness (QED) is 0.662. The van der Waals surface area contributed by atoms with Crippen molar-refractivity contribution in [3.05, 3.63) is 0 Å². The van der Waals surface area contributed by atoms with Crippen LogP contribution < -0.4 is 0 Å². The first-order valence-corrected chi connectivity index (χ1v) is 4.58. The molecule has 0 aromatic rings. The van der Waals surface area contributed by atoms with Crippen molar-refractivity contribution in [3.63, 3.8) is 0 Å². The molecule has 0 aliphatic rings. The highest BCUT2D eigenvalue weighted by Gasteiger charge is 2.20. The molecule has 0 saturated carbocycles. The van der Waals surface area contributed by atoms with Gasteiger partial charge in [0, 0.05) is 7.11 Å². The van der Waals surface area contributed by atoms with Crippen LogP contribution in [0.2, 0.25) is 0 Å². The summed E-state index contributed by atoms with van der Waals surface area (Å²) in [5, 5.41) is 9.52. The van der Waals surface area contributed by atoms with E-state index in [1.54, 1.807) is 14.0 Å². The summed E-state index contributed by atoms with van der Waals surface area (Å²) >= 11 is 0. The summed E-state index contributed by atoms with van der Waals surface area (Å²) in [6.07, 6.45) is 7.56. The Kier molecular flexibility index (Phi) is 4.46. The van der Waals surface area contributed by atoms with Crippen LogP contribution in [0.15, 0.2) is 0 Å². The summed E-state index contributed by atoms with van der Waals surface area (Å²) in [6, 6.07) is 0. The lowest BCUT2D eigenvalue weighted by atomic mass is 9.94. The molecular formula is C11H20O2. The molecule has 0 spiro atoms. The average molecular weight is 184 g/mol. The zero-order valence-electron chi connectivity index (χ0n) is 9.05. The highest BCUT2D eigenvalue weighted by atomic mass is 16.5. The lowest BCUT2D eigenvalue weighted by Gasteiger charge is -2.24. The topological polar surface area (TPSA) is 29.5 Å². The number of terminal acetylenes is 1. The van der Waals surface area contributed by atoms with Crippen LogP contribution in [0.1, 0.15) is 40.0 Å². The minimum absolute atomic E-state index is 0.120. The third-order valence-electron chi connectivity index (χ3n) is 2.31. The first-order chi connectivity index (χ1) is 5.83. The molecule has 0 rings (SSSR count). The van der Waals surface area contributed by atoms with Crippen molar-refractivity contribution in [1.82, 2.24) is 0 Å². The van der Waals surface area contributed by atoms with Gasteiger partial charge in [0.2, 0.25) is 0 Å². The van der Waals surface area contributed by atoms with E-state index in [-0.39, 0.29) is 5.60 Å². The molecule has 13 heavy (non-hydrogen) atoms. The molecule has 0 aromatic heterocycles. The third kappa shape index (κ3) is 5.68. The van der Waals surface area contributed by atoms with E-state index in [2.05, 4.69) is 5.92 Å². The van der Waals surface area contributed by atoms with Gasteiger partial charge in [-0.25, -0.2) is 0 Å². The van der Waals surface area contributed by atoms with Crippen LogP contribution in [0.5, 0.6) is 0 Å². The van der Waals surface area contributed by atoms with E-state index in [4.69, 9.17) is 11.2 Å². The van der Waals surface area contributed by atoms with Crippen LogP contribution in [0, 0.1) is 12.3 Å². The number of ether oxygens (including phenoxy) is 1. The van der Waals surface area contributed by atoms with E-state index < -0.39 is 5.60 Å². The Morgan fingerprint density at radius 2 is 1.85 bits per heavy atom. The van der Waals surface area contributed by atoms with Gasteiger partial charge >= 0.3 is 0 Å². The van der Waals surface area contributed by atoms with Crippen molar-refractivity contribution in [2.75, 3.05) is 7.11 Å². The molecule has 2 heteroatoms. The predicted molar refractivity (Wildman–Crippen MR) is 54.4 cm³/mol. The molecule has 2 nitrogen and oxygen atoms in total. The summed E-state index contributed by atoms with van der Waals surface area (Å²) in [7, 11) is 1.69. The van der Waals surface area contributed by atoms with Gasteiger partial charge in [-0.05, 0) is 40.0 Å². The van der Waals surface area contributed by atoms with Gasteiger partial charge in [-0.2, -0.15) is 0 Å². The Labute approximate surface area is 81.3 Å². The van der Waals surface area contributed by atoms with Crippen LogP contribution >= 0.6 is 0 Å². The largest absolute Gasteiger partial charge is 0.379 e. The maximum absolute atomic E-state index is 9.52. The predicted octanol–water partition coefficient (Wildman–Crippen LogP) is 1.97. The molecule has 0 heterocycles. The molecule has 0 radical (unpaired) electrons. The summed E-state index contributed by atoms with van der Waals surface area (Å²) in [5.74, 6) is 2.36. The molecule has 0 saturated heterocycles. The van der Waals surface area contributed by atoms with Crippen LogP contribution in [0.25, 0.3) is 0 Å². The van der Waals surface area contributed by atoms with Gasteiger partial charge in [0.05, 0.1) is 5.60 Å². The molecule has 0 unspecified atom stereocenters. The van der Waals surface area contributed by atoms with Gasteiger partial charge in [-0.1, -0.05) is 5.92 Å². The van der Waals surface area contributed by atoms with Crippen molar-refractivity contribution in [2.45, 2.75) is 51.2 Å². The molecule has 1 N–H and O–H groups in total. The zero-order chi connectivity index (χ0) is 10.5. The first kappa shape index (κ1) is 12.5. The molecule has 0 bridgehead atoms. The highest BCUT2D eigenvalue weighted by molar-refractivity contribution is 5.04. The smallest absolute Gasteiger partial charge is 0.122 e. The molecule has 0 aliphatic carbocycles. The number of methoxy groups -OCH3 is 1. The Morgan fingerprint density at radius 3 is 2.23 bits per heavy atom. The Morgan fingerprint density at radius 1 is 1.31 bits per heavy atom. The lowest BCUT2D eigenvalue weighted by Crippen LogP contribution is -2.25. The molecule has 0 amide bonds. The zero-order valence-corrected chi connectivity index (χ0v) is 9.05. The van der Waals surface area contributed by atoms with Crippen molar-refractivity contribution in [1.29, 1.82) is 0 Å². The second-order valence-corrected chi connectivity index (χ2v) is 4.24. The summed E-state index contributed by atoms with van der Waals surface area (Å²) in [5.41, 5.74) is -1.09. The monoisotopic (exact) mass is 184 g/mol. The second kappa shape index (κ2) is 4.64. The summed E-state index contributed by atoms with van der Waals surface area (Å²) in [6.45, 7) is 5.71. The fraction of sp³-hybridized carbons (Fsp3) is 0.818. The number of hydrogen-bond acceptors (Lipinski definition) is 2. The fourth-order valence-electron chi connectivity index (χ4n) is 1.03. The highest BCUT2D eigenvalue weighted by Crippen LogP contribution is 2.20. The number of hydrogen-bond donors (Lipinski definition) is 1. The first-order valence-electron chi connectivity index (χ1n) is 4.58. The van der Waals surface area contributed by atoms with Crippen LogP contribution in [-0.2, 0) is 4.74 Å². The van der Waals surface area contributed by atoms with Gasteiger partial charge in [-0.15, -0.1) is 6.42 Å². The Bertz CT molecular complexity index is 187. The van der Waals surface area contributed by atoms with E-state index in [0.717, 1.165) is 12.8 Å². The molecule has 0 aromatic carbocycles. The van der Waals surface area contributed by atoms with E-state index >= 15 is 0 Å².